The fraction of sp³-hybridized carbons (Fsp3) is 0.909. The van der Waals surface area contributed by atoms with Crippen molar-refractivity contribution >= 4 is 5.91 Å². The van der Waals surface area contributed by atoms with Crippen LogP contribution in [0.15, 0.2) is 0 Å². The van der Waals surface area contributed by atoms with Gasteiger partial charge in [-0.05, 0) is 31.7 Å². The summed E-state index contributed by atoms with van der Waals surface area (Å²) in [4.78, 5) is 10.8. The summed E-state index contributed by atoms with van der Waals surface area (Å²) in [5, 5.41) is 12.7. The lowest BCUT2D eigenvalue weighted by molar-refractivity contribution is -0.121. The zero-order valence-corrected chi connectivity index (χ0v) is 9.41. The number of nitrogens with two attached hydrogens (primary N) is 1. The van der Waals surface area contributed by atoms with Crippen LogP contribution >= 0.6 is 0 Å². The minimum Gasteiger partial charge on any atom is -0.393 e. The number of nitrogens with one attached hydrogen (secondary N) is 1. The zero-order chi connectivity index (χ0) is 11.3. The van der Waals surface area contributed by atoms with Gasteiger partial charge in [0.15, 0.2) is 0 Å². The number of carbonyl (C=O) groups excluding carboxylic acids is 1. The van der Waals surface area contributed by atoms with Gasteiger partial charge in [0, 0.05) is 12.5 Å². The van der Waals surface area contributed by atoms with Crippen LogP contribution in [0.5, 0.6) is 0 Å². The topological polar surface area (TPSA) is 75.3 Å². The van der Waals surface area contributed by atoms with E-state index in [1.54, 1.807) is 0 Å². The van der Waals surface area contributed by atoms with E-state index < -0.39 is 0 Å². The molecule has 0 heterocycles. The molecule has 3 atom stereocenters. The van der Waals surface area contributed by atoms with Crippen molar-refractivity contribution in [3.05, 3.63) is 0 Å². The van der Waals surface area contributed by atoms with Crippen molar-refractivity contribution in [2.24, 2.45) is 17.6 Å². The Morgan fingerprint density at radius 3 is 2.93 bits per heavy atom. The van der Waals surface area contributed by atoms with E-state index in [-0.39, 0.29) is 17.9 Å². The van der Waals surface area contributed by atoms with E-state index in [2.05, 4.69) is 5.32 Å². The molecule has 4 nitrogen and oxygen atoms in total. The predicted molar refractivity (Wildman–Crippen MR) is 59.2 cm³/mol. The Bertz CT molecular complexity index is 209. The van der Waals surface area contributed by atoms with E-state index in [0.29, 0.717) is 12.5 Å². The van der Waals surface area contributed by atoms with Gasteiger partial charge < -0.3 is 16.2 Å². The standard InChI is InChI=1S/C11H22N2O2/c1-8(11(12)15)6-13-7-9-3-2-4-10(14)5-9/h8-10,13-14H,2-7H2,1H3,(H2,12,15). The zero-order valence-electron chi connectivity index (χ0n) is 9.41. The summed E-state index contributed by atoms with van der Waals surface area (Å²) in [6.45, 7) is 3.35. The number of aliphatic hydroxyl groups is 1. The predicted octanol–water partition coefficient (Wildman–Crippen LogP) is 0.248. The maximum absolute atomic E-state index is 10.8. The highest BCUT2D eigenvalue weighted by Crippen LogP contribution is 2.23. The lowest BCUT2D eigenvalue weighted by Crippen LogP contribution is -2.35. The first-order valence-electron chi connectivity index (χ1n) is 5.77. The maximum Gasteiger partial charge on any atom is 0.221 e. The molecule has 4 heteroatoms. The average Bonchev–Trinajstić information content (AvgIpc) is 2.17. The Hall–Kier alpha value is -0.610. The third-order valence-electron chi connectivity index (χ3n) is 3.12. The molecule has 0 spiro atoms. The molecule has 1 fully saturated rings. The molecule has 1 aliphatic rings. The van der Waals surface area contributed by atoms with E-state index in [1.165, 1.54) is 6.42 Å². The van der Waals surface area contributed by atoms with Gasteiger partial charge in [-0.15, -0.1) is 0 Å². The molecule has 0 aromatic rings. The highest BCUT2D eigenvalue weighted by atomic mass is 16.3. The molecular weight excluding hydrogens is 192 g/mol. The Labute approximate surface area is 91.2 Å². The van der Waals surface area contributed by atoms with Crippen molar-refractivity contribution < 1.29 is 9.90 Å². The van der Waals surface area contributed by atoms with E-state index in [1.807, 2.05) is 6.92 Å². The van der Waals surface area contributed by atoms with Crippen LogP contribution in [0.25, 0.3) is 0 Å². The van der Waals surface area contributed by atoms with Crippen molar-refractivity contribution in [2.75, 3.05) is 13.1 Å². The van der Waals surface area contributed by atoms with Crippen molar-refractivity contribution in [1.82, 2.24) is 5.32 Å². The number of amides is 1. The third-order valence-corrected chi connectivity index (χ3v) is 3.12. The summed E-state index contributed by atoms with van der Waals surface area (Å²) >= 11 is 0. The van der Waals surface area contributed by atoms with E-state index in [9.17, 15) is 9.90 Å². The lowest BCUT2D eigenvalue weighted by atomic mass is 9.87. The summed E-state index contributed by atoms with van der Waals surface area (Å²) in [5.74, 6) is 0.179. The summed E-state index contributed by atoms with van der Waals surface area (Å²) in [6.07, 6.45) is 3.99. The van der Waals surface area contributed by atoms with Crippen LogP contribution in [0.4, 0.5) is 0 Å². The number of aliphatic hydroxyl groups excluding tert-OH is 1. The minimum atomic E-state index is -0.258. The highest BCUT2D eigenvalue weighted by Gasteiger charge is 2.20. The molecule has 1 rings (SSSR count). The van der Waals surface area contributed by atoms with E-state index in [0.717, 1.165) is 25.8 Å². The van der Waals surface area contributed by atoms with Crippen LogP contribution < -0.4 is 11.1 Å². The van der Waals surface area contributed by atoms with Crippen LogP contribution in [0.2, 0.25) is 0 Å². The molecule has 1 amide bonds. The fourth-order valence-corrected chi connectivity index (χ4v) is 2.05. The Morgan fingerprint density at radius 2 is 2.33 bits per heavy atom. The van der Waals surface area contributed by atoms with Crippen LogP contribution in [-0.2, 0) is 4.79 Å². The number of carbonyl (C=O) groups is 1. The largest absolute Gasteiger partial charge is 0.393 e. The smallest absolute Gasteiger partial charge is 0.221 e. The van der Waals surface area contributed by atoms with Crippen molar-refractivity contribution in [3.63, 3.8) is 0 Å². The van der Waals surface area contributed by atoms with Gasteiger partial charge in [-0.3, -0.25) is 4.79 Å². The van der Waals surface area contributed by atoms with Crippen LogP contribution in [0, 0.1) is 11.8 Å². The van der Waals surface area contributed by atoms with Gasteiger partial charge in [-0.25, -0.2) is 0 Å². The molecular formula is C11H22N2O2. The van der Waals surface area contributed by atoms with Gasteiger partial charge in [-0.2, -0.15) is 0 Å². The average molecular weight is 214 g/mol. The highest BCUT2D eigenvalue weighted by molar-refractivity contribution is 5.76. The summed E-state index contributed by atoms with van der Waals surface area (Å²) < 4.78 is 0. The lowest BCUT2D eigenvalue weighted by Gasteiger charge is -2.26. The molecule has 0 saturated heterocycles. The number of rotatable bonds is 5. The number of hydrogen-bond donors (Lipinski definition) is 3. The monoisotopic (exact) mass is 214 g/mol. The molecule has 0 radical (unpaired) electrons. The summed E-state index contributed by atoms with van der Waals surface area (Å²) in [7, 11) is 0. The van der Waals surface area contributed by atoms with Gasteiger partial charge in [0.2, 0.25) is 5.91 Å². The van der Waals surface area contributed by atoms with Gasteiger partial charge >= 0.3 is 0 Å². The first kappa shape index (κ1) is 12.5. The van der Waals surface area contributed by atoms with Crippen molar-refractivity contribution in [3.8, 4) is 0 Å². The second-order valence-corrected chi connectivity index (χ2v) is 4.65. The van der Waals surface area contributed by atoms with Gasteiger partial charge in [0.1, 0.15) is 0 Å². The quantitative estimate of drug-likeness (QED) is 0.614. The molecule has 0 aromatic carbocycles. The van der Waals surface area contributed by atoms with Gasteiger partial charge in [0.05, 0.1) is 6.10 Å². The molecule has 1 aliphatic carbocycles. The normalized spacial score (nSPS) is 28.7. The van der Waals surface area contributed by atoms with Gasteiger partial charge in [0.25, 0.3) is 0 Å². The van der Waals surface area contributed by atoms with E-state index >= 15 is 0 Å². The van der Waals surface area contributed by atoms with Crippen LogP contribution in [0.1, 0.15) is 32.6 Å². The molecule has 15 heavy (non-hydrogen) atoms. The van der Waals surface area contributed by atoms with Gasteiger partial charge in [-0.1, -0.05) is 13.3 Å². The fourth-order valence-electron chi connectivity index (χ4n) is 2.05. The summed E-state index contributed by atoms with van der Waals surface area (Å²) in [5.41, 5.74) is 5.16. The maximum atomic E-state index is 10.8. The third kappa shape index (κ3) is 4.62. The van der Waals surface area contributed by atoms with Crippen molar-refractivity contribution in [1.29, 1.82) is 0 Å². The van der Waals surface area contributed by atoms with E-state index in [4.69, 9.17) is 5.73 Å². The molecule has 3 unspecified atom stereocenters. The number of primary amides is 1. The molecule has 0 bridgehead atoms. The summed E-state index contributed by atoms with van der Waals surface area (Å²) in [6, 6.07) is 0. The molecule has 0 aliphatic heterocycles. The second kappa shape index (κ2) is 6.08. The Kier molecular flexibility index (Phi) is 5.05. The Balaban J connectivity index is 2.11. The SMILES string of the molecule is CC(CNCC1CCCC(O)C1)C(N)=O. The molecule has 4 N–H and O–H groups in total. The first-order chi connectivity index (χ1) is 7.09. The molecule has 88 valence electrons. The minimum absolute atomic E-state index is 0.112. The van der Waals surface area contributed by atoms with Crippen LogP contribution in [0.3, 0.4) is 0 Å². The first-order valence-corrected chi connectivity index (χ1v) is 5.77. The Morgan fingerprint density at radius 1 is 1.60 bits per heavy atom. The molecule has 0 aromatic heterocycles. The van der Waals surface area contributed by atoms with Crippen molar-refractivity contribution in [2.45, 2.75) is 38.7 Å². The van der Waals surface area contributed by atoms with Crippen LogP contribution in [-0.4, -0.2) is 30.2 Å². The number of hydrogen-bond acceptors (Lipinski definition) is 3. The second-order valence-electron chi connectivity index (χ2n) is 4.65. The molecule has 1 saturated carbocycles.